The van der Waals surface area contributed by atoms with Crippen LogP contribution in [0.5, 0.6) is 0 Å². The van der Waals surface area contributed by atoms with Crippen LogP contribution in [0.25, 0.3) is 0 Å². The fourth-order valence-electron chi connectivity index (χ4n) is 2.29. The van der Waals surface area contributed by atoms with Crippen LogP contribution in [0.1, 0.15) is 41.8 Å². The second-order valence-electron chi connectivity index (χ2n) is 4.91. The van der Waals surface area contributed by atoms with Gasteiger partial charge in [-0.15, -0.1) is 11.3 Å². The van der Waals surface area contributed by atoms with Crippen molar-refractivity contribution in [1.29, 1.82) is 0 Å². The first-order valence-electron chi connectivity index (χ1n) is 6.16. The van der Waals surface area contributed by atoms with Crippen LogP contribution in [0, 0.1) is 5.92 Å². The molecule has 3 unspecified atom stereocenters. The van der Waals surface area contributed by atoms with E-state index in [9.17, 15) is 14.7 Å². The van der Waals surface area contributed by atoms with Gasteiger partial charge < -0.3 is 15.7 Å². The average molecular weight is 283 g/mol. The maximum atomic E-state index is 12.3. The largest absolute Gasteiger partial charge is 0.480 e. The van der Waals surface area contributed by atoms with E-state index in [1.807, 2.05) is 6.92 Å². The highest BCUT2D eigenvalue weighted by Crippen LogP contribution is 2.26. The van der Waals surface area contributed by atoms with E-state index in [4.69, 9.17) is 5.73 Å². The Bertz CT molecular complexity index is 500. The monoisotopic (exact) mass is 283 g/mol. The number of carbonyl (C=O) groups is 2. The molecule has 19 heavy (non-hydrogen) atoms. The van der Waals surface area contributed by atoms with Crippen molar-refractivity contribution in [3.63, 3.8) is 0 Å². The summed E-state index contributed by atoms with van der Waals surface area (Å²) in [5.41, 5.74) is 6.00. The molecular weight excluding hydrogens is 266 g/mol. The lowest BCUT2D eigenvalue weighted by Crippen LogP contribution is -2.42. The molecule has 0 spiro atoms. The first-order valence-corrected chi connectivity index (χ1v) is 7.04. The minimum Gasteiger partial charge on any atom is -0.480 e. The molecule has 2 rings (SSSR count). The highest BCUT2D eigenvalue weighted by atomic mass is 32.1. The summed E-state index contributed by atoms with van der Waals surface area (Å²) in [6.45, 7) is 4.10. The Morgan fingerprint density at radius 2 is 2.32 bits per heavy atom. The summed E-state index contributed by atoms with van der Waals surface area (Å²) in [6, 6.07) is -0.979. The molecule has 2 heterocycles. The van der Waals surface area contributed by atoms with Gasteiger partial charge in [-0.1, -0.05) is 6.92 Å². The molecule has 0 saturated carbocycles. The van der Waals surface area contributed by atoms with Crippen LogP contribution in [0.3, 0.4) is 0 Å². The minimum absolute atomic E-state index is 0.0343. The van der Waals surface area contributed by atoms with Gasteiger partial charge in [-0.2, -0.15) is 0 Å². The molecule has 0 aromatic carbocycles. The van der Waals surface area contributed by atoms with Crippen molar-refractivity contribution < 1.29 is 14.7 Å². The number of aliphatic carboxylic acids is 1. The average Bonchev–Trinajstić information content (AvgIpc) is 2.93. The molecule has 0 aliphatic carbocycles. The molecule has 3 N–H and O–H groups in total. The number of carboxylic acid groups (broad SMARTS) is 1. The van der Waals surface area contributed by atoms with Gasteiger partial charge in [0.05, 0.1) is 6.04 Å². The Labute approximate surface area is 115 Å². The first-order chi connectivity index (χ1) is 8.91. The maximum absolute atomic E-state index is 12.3. The molecule has 1 saturated heterocycles. The van der Waals surface area contributed by atoms with Crippen LogP contribution in [-0.2, 0) is 4.79 Å². The van der Waals surface area contributed by atoms with E-state index in [1.54, 1.807) is 12.3 Å². The molecule has 1 aromatic rings. The Balaban J connectivity index is 2.21. The number of hydrogen-bond donors (Lipinski definition) is 2. The number of likely N-dealkylation sites (tertiary alicyclic amines) is 1. The fourth-order valence-corrected chi connectivity index (χ4v) is 3.05. The van der Waals surface area contributed by atoms with E-state index in [1.165, 1.54) is 16.2 Å². The van der Waals surface area contributed by atoms with Crippen LogP contribution in [0.15, 0.2) is 5.38 Å². The number of thiazole rings is 1. The SMILES string of the molecule is CC(N)c1nc(C(=O)N2CCC(C)C2C(=O)O)cs1. The summed E-state index contributed by atoms with van der Waals surface area (Å²) in [5, 5.41) is 11.5. The number of nitrogens with two attached hydrogens (primary N) is 1. The molecule has 1 aromatic heterocycles. The predicted molar refractivity (Wildman–Crippen MR) is 71.0 cm³/mol. The molecule has 1 amide bonds. The van der Waals surface area contributed by atoms with Gasteiger partial charge in [-0.3, -0.25) is 4.79 Å². The zero-order valence-corrected chi connectivity index (χ0v) is 11.7. The van der Waals surface area contributed by atoms with E-state index in [2.05, 4.69) is 4.98 Å². The summed E-state index contributed by atoms with van der Waals surface area (Å²) in [5.74, 6) is -1.31. The zero-order valence-electron chi connectivity index (χ0n) is 10.9. The lowest BCUT2D eigenvalue weighted by Gasteiger charge is -2.22. The van der Waals surface area contributed by atoms with Crippen LogP contribution in [0.2, 0.25) is 0 Å². The summed E-state index contributed by atoms with van der Waals surface area (Å²) in [6.07, 6.45) is 0.701. The third-order valence-corrected chi connectivity index (χ3v) is 4.39. The third-order valence-electron chi connectivity index (χ3n) is 3.34. The quantitative estimate of drug-likeness (QED) is 0.865. The first kappa shape index (κ1) is 14.0. The van der Waals surface area contributed by atoms with Crippen molar-refractivity contribution in [2.24, 2.45) is 11.7 Å². The highest BCUT2D eigenvalue weighted by Gasteiger charge is 2.40. The lowest BCUT2D eigenvalue weighted by atomic mass is 10.0. The summed E-state index contributed by atoms with van der Waals surface area (Å²) in [4.78, 5) is 29.1. The topological polar surface area (TPSA) is 96.5 Å². The van der Waals surface area contributed by atoms with Gasteiger partial charge in [0.15, 0.2) is 0 Å². The van der Waals surface area contributed by atoms with Crippen molar-refractivity contribution in [3.05, 3.63) is 16.1 Å². The Hall–Kier alpha value is -1.47. The van der Waals surface area contributed by atoms with E-state index < -0.39 is 12.0 Å². The van der Waals surface area contributed by atoms with Crippen LogP contribution < -0.4 is 5.73 Å². The van der Waals surface area contributed by atoms with E-state index in [0.29, 0.717) is 18.0 Å². The van der Waals surface area contributed by atoms with Crippen molar-refractivity contribution >= 4 is 23.2 Å². The molecule has 7 heteroatoms. The summed E-state index contributed by atoms with van der Waals surface area (Å²) in [7, 11) is 0. The van der Waals surface area contributed by atoms with Gasteiger partial charge in [0.2, 0.25) is 0 Å². The summed E-state index contributed by atoms with van der Waals surface area (Å²) < 4.78 is 0. The van der Waals surface area contributed by atoms with Crippen LogP contribution >= 0.6 is 11.3 Å². The molecule has 3 atom stereocenters. The lowest BCUT2D eigenvalue weighted by molar-refractivity contribution is -0.142. The molecule has 6 nitrogen and oxygen atoms in total. The molecule has 0 bridgehead atoms. The molecule has 1 aliphatic rings. The maximum Gasteiger partial charge on any atom is 0.326 e. The van der Waals surface area contributed by atoms with E-state index in [0.717, 1.165) is 0 Å². The number of amides is 1. The molecule has 104 valence electrons. The number of hydrogen-bond acceptors (Lipinski definition) is 5. The van der Waals surface area contributed by atoms with Gasteiger partial charge in [-0.25, -0.2) is 9.78 Å². The van der Waals surface area contributed by atoms with E-state index >= 15 is 0 Å². The van der Waals surface area contributed by atoms with Crippen molar-refractivity contribution in [2.75, 3.05) is 6.54 Å². The second-order valence-corrected chi connectivity index (χ2v) is 5.80. The number of rotatable bonds is 3. The fraction of sp³-hybridized carbons (Fsp3) is 0.583. The van der Waals surface area contributed by atoms with Crippen LogP contribution in [-0.4, -0.2) is 39.5 Å². The Morgan fingerprint density at radius 1 is 1.63 bits per heavy atom. The number of carboxylic acids is 1. The Kier molecular flexibility index (Phi) is 3.86. The van der Waals surface area contributed by atoms with Gasteiger partial charge in [0.1, 0.15) is 16.7 Å². The van der Waals surface area contributed by atoms with Crippen molar-refractivity contribution in [3.8, 4) is 0 Å². The standard InChI is InChI=1S/C12H17N3O3S/c1-6-3-4-15(9(6)12(17)18)11(16)8-5-19-10(14-8)7(2)13/h5-7,9H,3-4,13H2,1-2H3,(H,17,18). The van der Waals surface area contributed by atoms with Gasteiger partial charge >= 0.3 is 5.97 Å². The number of aromatic nitrogens is 1. The smallest absolute Gasteiger partial charge is 0.326 e. The molecular formula is C12H17N3O3S. The van der Waals surface area contributed by atoms with Gasteiger partial charge in [-0.05, 0) is 19.3 Å². The third kappa shape index (κ3) is 2.62. The van der Waals surface area contributed by atoms with Crippen LogP contribution in [0.4, 0.5) is 0 Å². The van der Waals surface area contributed by atoms with Crippen molar-refractivity contribution in [2.45, 2.75) is 32.4 Å². The zero-order chi connectivity index (χ0) is 14.2. The highest BCUT2D eigenvalue weighted by molar-refractivity contribution is 7.09. The summed E-state index contributed by atoms with van der Waals surface area (Å²) >= 11 is 1.32. The number of nitrogens with zero attached hydrogens (tertiary/aromatic N) is 2. The molecule has 1 fully saturated rings. The van der Waals surface area contributed by atoms with Gasteiger partial charge in [0, 0.05) is 11.9 Å². The second kappa shape index (κ2) is 5.26. The minimum atomic E-state index is -0.957. The van der Waals surface area contributed by atoms with Crippen molar-refractivity contribution in [1.82, 2.24) is 9.88 Å². The Morgan fingerprint density at radius 3 is 2.84 bits per heavy atom. The van der Waals surface area contributed by atoms with E-state index in [-0.39, 0.29) is 23.6 Å². The number of carbonyl (C=O) groups excluding carboxylic acids is 1. The normalized spacial score (nSPS) is 24.5. The predicted octanol–water partition coefficient (Wildman–Crippen LogP) is 1.10. The van der Waals surface area contributed by atoms with Gasteiger partial charge in [0.25, 0.3) is 5.91 Å². The molecule has 1 aliphatic heterocycles. The molecule has 0 radical (unpaired) electrons.